The van der Waals surface area contributed by atoms with Gasteiger partial charge in [-0.1, -0.05) is 0 Å². The van der Waals surface area contributed by atoms with Crippen LogP contribution in [0.4, 0.5) is 9.18 Å². The second kappa shape index (κ2) is 7.08. The number of nitrogens with zero attached hydrogens (tertiary/aromatic N) is 1. The molecule has 1 aliphatic rings. The van der Waals surface area contributed by atoms with Crippen LogP contribution in [0.2, 0.25) is 0 Å². The molecule has 1 saturated heterocycles. The summed E-state index contributed by atoms with van der Waals surface area (Å²) >= 11 is 0. The molecule has 0 bridgehead atoms. The van der Waals surface area contributed by atoms with Gasteiger partial charge in [0, 0.05) is 23.1 Å². The van der Waals surface area contributed by atoms with E-state index >= 15 is 0 Å². The largest absolute Gasteiger partial charge is 0.493 e. The summed E-state index contributed by atoms with van der Waals surface area (Å²) in [5.41, 5.74) is -0.912. The van der Waals surface area contributed by atoms with Gasteiger partial charge in [-0.2, -0.15) is 0 Å². The van der Waals surface area contributed by atoms with Gasteiger partial charge >= 0.3 is 6.03 Å². The second-order valence-electron chi connectivity index (χ2n) is 5.66. The van der Waals surface area contributed by atoms with Crippen LogP contribution >= 0.6 is 0 Å². The molecular weight excluding hydrogens is 323 g/mol. The zero-order chi connectivity index (χ0) is 17.0. The zero-order valence-electron chi connectivity index (χ0n) is 13.0. The lowest BCUT2D eigenvalue weighted by molar-refractivity contribution is -0.130. The summed E-state index contributed by atoms with van der Waals surface area (Å²) in [7, 11) is -1.22. The van der Waals surface area contributed by atoms with Gasteiger partial charge in [0.15, 0.2) is 0 Å². The first kappa shape index (κ1) is 17.4. The van der Waals surface area contributed by atoms with Crippen molar-refractivity contribution in [2.45, 2.75) is 19.4 Å². The number of halogens is 1. The van der Waals surface area contributed by atoms with Crippen molar-refractivity contribution < 1.29 is 22.9 Å². The van der Waals surface area contributed by atoms with Crippen molar-refractivity contribution in [3.8, 4) is 5.75 Å². The Kier molecular flexibility index (Phi) is 5.35. The summed E-state index contributed by atoms with van der Waals surface area (Å²) in [6.07, 6.45) is 0. The van der Waals surface area contributed by atoms with Gasteiger partial charge in [-0.15, -0.1) is 0 Å². The van der Waals surface area contributed by atoms with Crippen LogP contribution in [-0.4, -0.2) is 51.2 Å². The molecule has 0 saturated carbocycles. The molecule has 126 valence electrons. The number of amides is 3. The van der Waals surface area contributed by atoms with Gasteiger partial charge in [0.2, 0.25) is 0 Å². The lowest BCUT2D eigenvalue weighted by atomic mass is 10.1. The number of imide groups is 1. The number of urea groups is 1. The van der Waals surface area contributed by atoms with Crippen LogP contribution in [0.5, 0.6) is 5.75 Å². The molecule has 1 aromatic carbocycles. The summed E-state index contributed by atoms with van der Waals surface area (Å²) < 4.78 is 30.0. The van der Waals surface area contributed by atoms with Crippen LogP contribution in [0.1, 0.15) is 13.8 Å². The Balaban J connectivity index is 1.72. The average molecular weight is 342 g/mol. The average Bonchev–Trinajstić information content (AvgIpc) is 2.67. The number of carbonyl (C=O) groups excluding carboxylic acids is 2. The van der Waals surface area contributed by atoms with Crippen molar-refractivity contribution in [2.24, 2.45) is 0 Å². The normalized spacial score (nSPS) is 18.0. The summed E-state index contributed by atoms with van der Waals surface area (Å²) in [6, 6.07) is 5.10. The Labute approximate surface area is 136 Å². The molecule has 3 amide bonds. The maximum Gasteiger partial charge on any atom is 0.325 e. The molecule has 0 radical (unpaired) electrons. The highest BCUT2D eigenvalue weighted by atomic mass is 32.2. The number of benzene rings is 1. The Bertz CT molecular complexity index is 618. The highest BCUT2D eigenvalue weighted by Gasteiger charge is 2.43. The van der Waals surface area contributed by atoms with Crippen molar-refractivity contribution in [2.75, 3.05) is 24.7 Å². The molecule has 1 unspecified atom stereocenters. The third-order valence-electron chi connectivity index (χ3n) is 3.38. The van der Waals surface area contributed by atoms with Crippen LogP contribution in [0.15, 0.2) is 24.3 Å². The minimum atomic E-state index is -1.22. The minimum Gasteiger partial charge on any atom is -0.493 e. The molecule has 1 aromatic rings. The van der Waals surface area contributed by atoms with Crippen LogP contribution in [0, 0.1) is 5.82 Å². The molecule has 1 atom stereocenters. The summed E-state index contributed by atoms with van der Waals surface area (Å²) in [4.78, 5) is 24.7. The predicted octanol–water partition coefficient (Wildman–Crippen LogP) is 1.28. The SMILES string of the molecule is CC1(C)NC(=O)N(CCS(=O)CCOc2ccc(F)cc2)C1=O. The monoisotopic (exact) mass is 342 g/mol. The van der Waals surface area contributed by atoms with Gasteiger partial charge in [0.25, 0.3) is 5.91 Å². The Morgan fingerprint density at radius 2 is 1.87 bits per heavy atom. The highest BCUT2D eigenvalue weighted by molar-refractivity contribution is 7.85. The van der Waals surface area contributed by atoms with Crippen LogP contribution < -0.4 is 10.1 Å². The predicted molar refractivity (Wildman–Crippen MR) is 84.1 cm³/mol. The minimum absolute atomic E-state index is 0.108. The Morgan fingerprint density at radius 1 is 1.22 bits per heavy atom. The van der Waals surface area contributed by atoms with Gasteiger partial charge in [-0.05, 0) is 38.1 Å². The number of hydrogen-bond donors (Lipinski definition) is 1. The summed E-state index contributed by atoms with van der Waals surface area (Å²) in [6.45, 7) is 3.57. The molecule has 2 rings (SSSR count). The number of rotatable bonds is 7. The van der Waals surface area contributed by atoms with E-state index in [1.807, 2.05) is 0 Å². The fourth-order valence-electron chi connectivity index (χ4n) is 2.10. The maximum atomic E-state index is 12.7. The van der Waals surface area contributed by atoms with E-state index in [9.17, 15) is 18.2 Å². The first-order chi connectivity index (χ1) is 10.8. The highest BCUT2D eigenvalue weighted by Crippen LogP contribution is 2.16. The first-order valence-corrected chi connectivity index (χ1v) is 8.66. The molecule has 0 aromatic heterocycles. The molecule has 0 spiro atoms. The molecule has 1 aliphatic heterocycles. The smallest absolute Gasteiger partial charge is 0.325 e. The van der Waals surface area contributed by atoms with Crippen molar-refractivity contribution in [3.63, 3.8) is 0 Å². The van der Waals surface area contributed by atoms with Gasteiger partial charge in [-0.25, -0.2) is 9.18 Å². The number of nitrogens with one attached hydrogen (secondary N) is 1. The molecular formula is C15H19FN2O4S. The molecule has 0 aliphatic carbocycles. The number of carbonyl (C=O) groups is 2. The molecule has 6 nitrogen and oxygen atoms in total. The van der Waals surface area contributed by atoms with Gasteiger partial charge in [-0.3, -0.25) is 13.9 Å². The van der Waals surface area contributed by atoms with Crippen molar-refractivity contribution >= 4 is 22.7 Å². The number of ether oxygens (including phenoxy) is 1. The summed E-state index contributed by atoms with van der Waals surface area (Å²) in [5.74, 6) is 0.297. The van der Waals surface area contributed by atoms with E-state index in [0.29, 0.717) is 5.75 Å². The van der Waals surface area contributed by atoms with Crippen molar-refractivity contribution in [1.29, 1.82) is 0 Å². The van der Waals surface area contributed by atoms with E-state index in [1.54, 1.807) is 13.8 Å². The Morgan fingerprint density at radius 3 is 2.43 bits per heavy atom. The van der Waals surface area contributed by atoms with E-state index in [-0.39, 0.29) is 36.4 Å². The lowest BCUT2D eigenvalue weighted by Gasteiger charge is -2.15. The fraction of sp³-hybridized carbons (Fsp3) is 0.467. The van der Waals surface area contributed by atoms with E-state index in [2.05, 4.69) is 5.32 Å². The summed E-state index contributed by atoms with van der Waals surface area (Å²) in [5, 5.41) is 2.57. The van der Waals surface area contributed by atoms with Gasteiger partial charge in [0.1, 0.15) is 17.1 Å². The molecule has 1 fully saturated rings. The van der Waals surface area contributed by atoms with E-state index in [4.69, 9.17) is 4.74 Å². The third kappa shape index (κ3) is 4.51. The maximum absolute atomic E-state index is 12.7. The molecule has 1 heterocycles. The van der Waals surface area contributed by atoms with Crippen LogP contribution in [0.3, 0.4) is 0 Å². The lowest BCUT2D eigenvalue weighted by Crippen LogP contribution is -2.40. The number of hydrogen-bond acceptors (Lipinski definition) is 4. The van der Waals surface area contributed by atoms with Gasteiger partial charge < -0.3 is 10.1 Å². The van der Waals surface area contributed by atoms with Crippen LogP contribution in [-0.2, 0) is 15.6 Å². The van der Waals surface area contributed by atoms with E-state index < -0.39 is 22.4 Å². The second-order valence-corrected chi connectivity index (χ2v) is 7.36. The van der Waals surface area contributed by atoms with Crippen molar-refractivity contribution in [1.82, 2.24) is 10.2 Å². The zero-order valence-corrected chi connectivity index (χ0v) is 13.8. The fourth-order valence-corrected chi connectivity index (χ4v) is 2.96. The quantitative estimate of drug-likeness (QED) is 0.758. The topological polar surface area (TPSA) is 75.7 Å². The van der Waals surface area contributed by atoms with E-state index in [1.165, 1.54) is 24.3 Å². The van der Waals surface area contributed by atoms with Gasteiger partial charge in [0.05, 0.1) is 12.4 Å². The Hall–Kier alpha value is -1.96. The molecule has 8 heteroatoms. The standard InChI is InChI=1S/C15H19FN2O4S/c1-15(2)13(19)18(14(20)17-15)7-9-23(21)10-8-22-12-5-3-11(16)4-6-12/h3-6H,7-10H2,1-2H3,(H,17,20). The van der Waals surface area contributed by atoms with Crippen LogP contribution in [0.25, 0.3) is 0 Å². The molecule has 1 N–H and O–H groups in total. The van der Waals surface area contributed by atoms with Crippen molar-refractivity contribution in [3.05, 3.63) is 30.1 Å². The van der Waals surface area contributed by atoms with E-state index in [0.717, 1.165) is 4.90 Å². The third-order valence-corrected chi connectivity index (χ3v) is 4.64. The molecule has 23 heavy (non-hydrogen) atoms. The first-order valence-electron chi connectivity index (χ1n) is 7.17.